The predicted molar refractivity (Wildman–Crippen MR) is 123 cm³/mol. The van der Waals surface area contributed by atoms with Crippen molar-refractivity contribution in [2.24, 2.45) is 10.7 Å². The van der Waals surface area contributed by atoms with Crippen molar-refractivity contribution in [2.75, 3.05) is 19.8 Å². The summed E-state index contributed by atoms with van der Waals surface area (Å²) in [6.07, 6.45) is 5.30. The first-order valence-electron chi connectivity index (χ1n) is 10.9. The zero-order valence-corrected chi connectivity index (χ0v) is 18.9. The Hall–Kier alpha value is -3.86. The van der Waals surface area contributed by atoms with Gasteiger partial charge in [-0.25, -0.2) is 18.8 Å². The number of hydrogen-bond donors (Lipinski definition) is 1. The van der Waals surface area contributed by atoms with Gasteiger partial charge >= 0.3 is 0 Å². The van der Waals surface area contributed by atoms with Crippen LogP contribution in [0.2, 0.25) is 0 Å². The molecule has 1 fully saturated rings. The lowest BCUT2D eigenvalue weighted by atomic mass is 9.89. The lowest BCUT2D eigenvalue weighted by Gasteiger charge is -2.50. The van der Waals surface area contributed by atoms with Gasteiger partial charge in [0.05, 0.1) is 18.8 Å². The van der Waals surface area contributed by atoms with E-state index in [1.54, 1.807) is 10.8 Å². The zero-order chi connectivity index (χ0) is 24.0. The maximum atomic E-state index is 14.5. The van der Waals surface area contributed by atoms with Crippen LogP contribution in [0.25, 0.3) is 22.9 Å². The van der Waals surface area contributed by atoms with Crippen LogP contribution in [0.4, 0.5) is 8.78 Å². The number of morpholine rings is 1. The molecule has 1 atom stereocenters. The highest BCUT2D eigenvalue weighted by molar-refractivity contribution is 6.19. The van der Waals surface area contributed by atoms with Crippen LogP contribution in [-0.2, 0) is 10.3 Å². The van der Waals surface area contributed by atoms with Crippen LogP contribution in [0.15, 0.2) is 48.4 Å². The maximum Gasteiger partial charge on any atom is 0.166 e. The number of rotatable bonds is 4. The summed E-state index contributed by atoms with van der Waals surface area (Å²) in [5.41, 5.74) is 6.25. The first-order valence-corrected chi connectivity index (χ1v) is 10.9. The summed E-state index contributed by atoms with van der Waals surface area (Å²) in [4.78, 5) is 11.2. The van der Waals surface area contributed by atoms with E-state index in [4.69, 9.17) is 15.5 Å². The lowest BCUT2D eigenvalue weighted by Crippen LogP contribution is -2.61. The Morgan fingerprint density at radius 2 is 2.18 bits per heavy atom. The highest BCUT2D eigenvalue weighted by Crippen LogP contribution is 2.41. The molecule has 2 N–H and O–H groups in total. The second-order valence-electron chi connectivity index (χ2n) is 8.14. The molecule has 34 heavy (non-hydrogen) atoms. The third kappa shape index (κ3) is 3.15. The fourth-order valence-corrected chi connectivity index (χ4v) is 4.65. The summed E-state index contributed by atoms with van der Waals surface area (Å²) in [5, 5.41) is 8.73. The quantitative estimate of drug-likeness (QED) is 0.635. The Kier molecular flexibility index (Phi) is 5.28. The van der Waals surface area contributed by atoms with Crippen molar-refractivity contribution < 1.29 is 13.5 Å². The number of halogens is 2. The number of nitrogens with zero attached hydrogens (tertiary/aromatic N) is 7. The number of amidine groups is 1. The third-order valence-corrected chi connectivity index (χ3v) is 6.35. The lowest BCUT2D eigenvalue weighted by molar-refractivity contribution is -0.0460. The molecular weight excluding hydrogens is 442 g/mol. The largest absolute Gasteiger partial charge is 0.403 e. The van der Waals surface area contributed by atoms with E-state index in [0.717, 1.165) is 11.9 Å². The number of benzene rings is 1. The van der Waals surface area contributed by atoms with Crippen LogP contribution < -0.4 is 5.73 Å². The van der Waals surface area contributed by atoms with E-state index in [2.05, 4.69) is 33.6 Å². The minimum atomic E-state index is -0.726. The molecule has 5 rings (SSSR count). The number of aliphatic imine (C=N–C) groups is 1. The van der Waals surface area contributed by atoms with Crippen LogP contribution >= 0.6 is 0 Å². The fraction of sp³-hybridized carbons (Fsp3) is 0.304. The van der Waals surface area contributed by atoms with Crippen molar-refractivity contribution >= 4 is 17.4 Å². The second-order valence-corrected chi connectivity index (χ2v) is 8.14. The van der Waals surface area contributed by atoms with Gasteiger partial charge in [-0.2, -0.15) is 0 Å². The summed E-state index contributed by atoms with van der Waals surface area (Å²) >= 11 is 0. The standard InChI is InChI=1S/C23H24F2N8O/c1-4-23-13-34-10-9-32(23)21(19(12-26)33-15(3)29-30-22(23)33)28-14(2)31-8-7-27-20(31)17-6-5-16(24)11-18(17)25/h5-8,11-12H,2,4,9-10,13,26H2,1,3H3/b19-12+,28-21?/t23-/m0/s1. The van der Waals surface area contributed by atoms with Crippen LogP contribution in [0.5, 0.6) is 0 Å². The summed E-state index contributed by atoms with van der Waals surface area (Å²) in [7, 11) is 0. The number of fused-ring (bicyclic) bond motifs is 3. The van der Waals surface area contributed by atoms with Gasteiger partial charge in [-0.3, -0.25) is 9.13 Å². The molecule has 1 aromatic carbocycles. The molecular formula is C23H24F2N8O. The van der Waals surface area contributed by atoms with Gasteiger partial charge in [0.15, 0.2) is 11.7 Å². The van der Waals surface area contributed by atoms with Crippen LogP contribution in [0, 0.1) is 18.6 Å². The molecule has 2 aromatic heterocycles. The second kappa shape index (κ2) is 8.17. The first-order chi connectivity index (χ1) is 16.4. The van der Waals surface area contributed by atoms with Crippen molar-refractivity contribution in [2.45, 2.75) is 25.8 Å². The van der Waals surface area contributed by atoms with Gasteiger partial charge in [-0.15, -0.1) is 10.2 Å². The van der Waals surface area contributed by atoms with Crippen molar-refractivity contribution in [3.63, 3.8) is 0 Å². The van der Waals surface area contributed by atoms with Crippen molar-refractivity contribution in [1.29, 1.82) is 0 Å². The van der Waals surface area contributed by atoms with E-state index in [1.807, 2.05) is 11.5 Å². The van der Waals surface area contributed by atoms with E-state index in [0.29, 0.717) is 43.5 Å². The summed E-state index contributed by atoms with van der Waals surface area (Å²) < 4.78 is 37.2. The molecule has 11 heteroatoms. The smallest absolute Gasteiger partial charge is 0.166 e. The highest BCUT2D eigenvalue weighted by atomic mass is 19.1. The Balaban J connectivity index is 1.65. The van der Waals surface area contributed by atoms with Gasteiger partial charge in [0.25, 0.3) is 0 Å². The van der Waals surface area contributed by atoms with Crippen molar-refractivity contribution in [1.82, 2.24) is 29.2 Å². The van der Waals surface area contributed by atoms with E-state index in [9.17, 15) is 8.78 Å². The van der Waals surface area contributed by atoms with Crippen molar-refractivity contribution in [3.8, 4) is 11.4 Å². The summed E-state index contributed by atoms with van der Waals surface area (Å²) in [6, 6.07) is 3.34. The fourth-order valence-electron chi connectivity index (χ4n) is 4.65. The summed E-state index contributed by atoms with van der Waals surface area (Å²) in [6.45, 7) is 9.52. The number of nitrogens with two attached hydrogens (primary N) is 1. The Morgan fingerprint density at radius 3 is 2.91 bits per heavy atom. The molecule has 3 aromatic rings. The first kappa shape index (κ1) is 22.0. The van der Waals surface area contributed by atoms with Gasteiger partial charge in [0.1, 0.15) is 40.3 Å². The molecule has 176 valence electrons. The Morgan fingerprint density at radius 1 is 1.35 bits per heavy atom. The van der Waals surface area contributed by atoms with E-state index in [-0.39, 0.29) is 17.2 Å². The Bertz CT molecular complexity index is 1340. The van der Waals surface area contributed by atoms with Gasteiger partial charge in [0, 0.05) is 31.2 Å². The van der Waals surface area contributed by atoms with Gasteiger partial charge in [0.2, 0.25) is 0 Å². The topological polar surface area (TPSA) is 99.4 Å². The molecule has 0 spiro atoms. The van der Waals surface area contributed by atoms with Gasteiger partial charge in [-0.05, 0) is 25.5 Å². The number of ether oxygens (including phenoxy) is 1. The van der Waals surface area contributed by atoms with Gasteiger partial charge in [-0.1, -0.05) is 13.5 Å². The highest BCUT2D eigenvalue weighted by Gasteiger charge is 2.50. The molecule has 0 aliphatic carbocycles. The van der Waals surface area contributed by atoms with Crippen LogP contribution in [-0.4, -0.2) is 54.8 Å². The molecule has 9 nitrogen and oxygen atoms in total. The minimum absolute atomic E-state index is 0.136. The van der Waals surface area contributed by atoms with Crippen LogP contribution in [0.3, 0.4) is 0 Å². The third-order valence-electron chi connectivity index (χ3n) is 6.35. The molecule has 2 aliphatic rings. The average Bonchev–Trinajstić information content (AvgIpc) is 3.47. The summed E-state index contributed by atoms with van der Waals surface area (Å²) in [5.74, 6) is 1.14. The molecule has 2 aliphatic heterocycles. The normalized spacial score (nSPS) is 22.2. The number of imidazole rings is 1. The molecule has 0 saturated carbocycles. The molecule has 0 radical (unpaired) electrons. The number of hydrogen-bond acceptors (Lipinski definition) is 6. The SMILES string of the molecule is C=C(N=C1/C(=C\N)n2c(C)nnc2[C@]2(CC)COCCN12)n1ccnc1-c1ccc(F)cc1F. The Labute approximate surface area is 194 Å². The van der Waals surface area contributed by atoms with E-state index in [1.165, 1.54) is 24.5 Å². The number of aryl methyl sites for hydroxylation is 1. The number of aromatic nitrogens is 5. The molecule has 1 saturated heterocycles. The van der Waals surface area contributed by atoms with Crippen LogP contribution in [0.1, 0.15) is 25.0 Å². The molecule has 0 amide bonds. The molecule has 0 unspecified atom stereocenters. The van der Waals surface area contributed by atoms with Gasteiger partial charge < -0.3 is 15.4 Å². The maximum absolute atomic E-state index is 14.5. The molecule has 0 bridgehead atoms. The van der Waals surface area contributed by atoms with E-state index >= 15 is 0 Å². The molecule has 4 heterocycles. The predicted octanol–water partition coefficient (Wildman–Crippen LogP) is 2.96. The zero-order valence-electron chi connectivity index (χ0n) is 18.9. The van der Waals surface area contributed by atoms with Crippen molar-refractivity contribution in [3.05, 3.63) is 66.7 Å². The van der Waals surface area contributed by atoms with E-state index < -0.39 is 17.2 Å². The monoisotopic (exact) mass is 466 g/mol. The average molecular weight is 466 g/mol. The minimum Gasteiger partial charge on any atom is -0.403 e.